The zero-order chi connectivity index (χ0) is 21.1. The van der Waals surface area contributed by atoms with E-state index in [2.05, 4.69) is 45.2 Å². The molecule has 1 N–H and O–H groups in total. The Morgan fingerprint density at radius 3 is 1.89 bits per heavy atom. The van der Waals surface area contributed by atoms with Crippen molar-refractivity contribution in [2.75, 3.05) is 12.4 Å². The van der Waals surface area contributed by atoms with Gasteiger partial charge in [0.15, 0.2) is 0 Å². The summed E-state index contributed by atoms with van der Waals surface area (Å²) in [5.41, 5.74) is 0.197. The minimum Gasteiger partial charge on any atom is -0.461 e. The van der Waals surface area contributed by atoms with Gasteiger partial charge in [0, 0.05) is 14.3 Å². The number of ether oxygens (including phenoxy) is 2. The Morgan fingerprint density at radius 1 is 0.893 bits per heavy atom. The van der Waals surface area contributed by atoms with Crippen LogP contribution in [0.1, 0.15) is 52.8 Å². The molecule has 12 heteroatoms. The molecule has 2 rings (SSSR count). The fraction of sp³-hybridized carbons (Fsp3) is 0.500. The van der Waals surface area contributed by atoms with E-state index in [1.165, 1.54) is 0 Å². The molecule has 0 bridgehead atoms. The number of hydrogen-bond donors (Lipinski definition) is 1. The van der Waals surface area contributed by atoms with Gasteiger partial charge >= 0.3 is 11.9 Å². The Labute approximate surface area is 217 Å². The van der Waals surface area contributed by atoms with Gasteiger partial charge in [-0.15, -0.1) is 0 Å². The van der Waals surface area contributed by atoms with Gasteiger partial charge in [-0.1, -0.05) is 6.42 Å². The molecular formula is C16H16I4O7S. The summed E-state index contributed by atoms with van der Waals surface area (Å²) in [5, 5.41) is 0. The van der Waals surface area contributed by atoms with E-state index in [4.69, 9.17) is 14.0 Å². The summed E-state index contributed by atoms with van der Waals surface area (Å²) in [7, 11) is -4.26. The van der Waals surface area contributed by atoms with E-state index in [1.807, 2.05) is 45.2 Å². The third kappa shape index (κ3) is 6.74. The Bertz CT molecular complexity index is 880. The van der Waals surface area contributed by atoms with Crippen LogP contribution in [-0.4, -0.2) is 43.4 Å². The molecule has 0 heterocycles. The van der Waals surface area contributed by atoms with Crippen LogP contribution in [-0.2, 0) is 19.6 Å². The average Bonchev–Trinajstić information content (AvgIpc) is 2.62. The van der Waals surface area contributed by atoms with Crippen molar-refractivity contribution < 1.29 is 32.0 Å². The van der Waals surface area contributed by atoms with Gasteiger partial charge in [0.05, 0.1) is 11.1 Å². The lowest BCUT2D eigenvalue weighted by molar-refractivity contribution is 0.0202. The van der Waals surface area contributed by atoms with Crippen LogP contribution in [0.25, 0.3) is 0 Å². The number of carbonyl (C=O) groups is 2. The highest BCUT2D eigenvalue weighted by Gasteiger charge is 2.31. The molecule has 1 aliphatic carbocycles. The van der Waals surface area contributed by atoms with Gasteiger partial charge in [0.1, 0.15) is 18.5 Å². The second kappa shape index (κ2) is 11.0. The number of rotatable bonds is 6. The molecule has 0 amide bonds. The van der Waals surface area contributed by atoms with Gasteiger partial charge in [0.25, 0.3) is 10.1 Å². The topological polar surface area (TPSA) is 107 Å². The second-order valence-corrected chi connectivity index (χ2v) is 12.0. The monoisotopic (exact) mass is 860 g/mol. The summed E-state index contributed by atoms with van der Waals surface area (Å²) in [6.45, 7) is -0.510. The smallest absolute Gasteiger partial charge is 0.340 e. The van der Waals surface area contributed by atoms with E-state index < -0.39 is 34.4 Å². The van der Waals surface area contributed by atoms with E-state index in [0.29, 0.717) is 7.14 Å². The van der Waals surface area contributed by atoms with Gasteiger partial charge < -0.3 is 9.47 Å². The fourth-order valence-electron chi connectivity index (χ4n) is 2.72. The van der Waals surface area contributed by atoms with Crippen molar-refractivity contribution in [1.29, 1.82) is 0 Å². The summed E-state index contributed by atoms with van der Waals surface area (Å²) < 4.78 is 43.9. The number of hydrogen-bond acceptors (Lipinski definition) is 6. The molecule has 1 fully saturated rings. The lowest BCUT2D eigenvalue weighted by Gasteiger charge is -2.23. The number of halogens is 4. The van der Waals surface area contributed by atoms with E-state index in [1.54, 1.807) is 0 Å². The van der Waals surface area contributed by atoms with Crippen molar-refractivity contribution >= 4 is 112 Å². The van der Waals surface area contributed by atoms with Crippen molar-refractivity contribution in [2.45, 2.75) is 38.2 Å². The number of benzene rings is 1. The first-order valence-corrected chi connectivity index (χ1v) is 14.1. The molecule has 1 aromatic rings. The highest BCUT2D eigenvalue weighted by Crippen LogP contribution is 2.34. The largest absolute Gasteiger partial charge is 0.461 e. The average molecular weight is 860 g/mol. The van der Waals surface area contributed by atoms with Crippen molar-refractivity contribution in [1.82, 2.24) is 0 Å². The molecule has 156 valence electrons. The predicted molar refractivity (Wildman–Crippen MR) is 136 cm³/mol. The van der Waals surface area contributed by atoms with Gasteiger partial charge in [-0.25, -0.2) is 9.59 Å². The maximum Gasteiger partial charge on any atom is 0.340 e. The molecule has 7 nitrogen and oxygen atoms in total. The number of carbonyl (C=O) groups excluding carboxylic acids is 2. The van der Waals surface area contributed by atoms with E-state index in [-0.39, 0.29) is 17.2 Å². The predicted octanol–water partition coefficient (Wildman–Crippen LogP) is 4.64. The van der Waals surface area contributed by atoms with Crippen molar-refractivity contribution in [3.63, 3.8) is 0 Å². The molecule has 0 aliphatic heterocycles. The molecule has 1 saturated carbocycles. The van der Waals surface area contributed by atoms with Crippen molar-refractivity contribution in [3.8, 4) is 0 Å². The van der Waals surface area contributed by atoms with Gasteiger partial charge in [-0.2, -0.15) is 8.42 Å². The molecule has 0 aromatic heterocycles. The summed E-state index contributed by atoms with van der Waals surface area (Å²) in [5.74, 6) is -2.11. The first-order chi connectivity index (χ1) is 13.0. The maximum absolute atomic E-state index is 12.9. The maximum atomic E-state index is 12.9. The highest BCUT2D eigenvalue weighted by atomic mass is 127. The van der Waals surface area contributed by atoms with Gasteiger partial charge in [-0.3, -0.25) is 4.55 Å². The quantitative estimate of drug-likeness (QED) is 0.146. The Balaban J connectivity index is 2.36. The molecule has 0 spiro atoms. The second-order valence-electron chi connectivity index (χ2n) is 6.09. The third-order valence-electron chi connectivity index (χ3n) is 4.08. The van der Waals surface area contributed by atoms with Crippen LogP contribution in [0, 0.1) is 14.3 Å². The van der Waals surface area contributed by atoms with Gasteiger partial charge in [-0.05, 0) is 116 Å². The first kappa shape index (κ1) is 25.3. The molecule has 1 aromatic carbocycles. The van der Waals surface area contributed by atoms with Crippen LogP contribution in [0.3, 0.4) is 0 Å². The highest BCUT2D eigenvalue weighted by molar-refractivity contribution is 14.1. The zero-order valence-electron chi connectivity index (χ0n) is 14.3. The van der Waals surface area contributed by atoms with Crippen LogP contribution in [0.2, 0.25) is 0 Å². The molecule has 0 radical (unpaired) electrons. The standard InChI is InChI=1S/C16H16I4O7S/c17-11-9(15(21)26-6-7-28(23,24)25)10(12(18)14(20)13(11)19)16(22)27-8-4-2-1-3-5-8/h8H,1-7H2,(H,23,24,25). The van der Waals surface area contributed by atoms with Crippen LogP contribution < -0.4 is 0 Å². The van der Waals surface area contributed by atoms with Crippen molar-refractivity contribution in [2.24, 2.45) is 0 Å². The Morgan fingerprint density at radius 2 is 1.39 bits per heavy atom. The summed E-state index contributed by atoms with van der Waals surface area (Å²) in [6, 6.07) is 0. The molecule has 0 saturated heterocycles. The van der Waals surface area contributed by atoms with Crippen molar-refractivity contribution in [3.05, 3.63) is 25.4 Å². The summed E-state index contributed by atoms with van der Waals surface area (Å²) in [6.07, 6.45) is 4.55. The summed E-state index contributed by atoms with van der Waals surface area (Å²) in [4.78, 5) is 25.6. The Hall–Kier alpha value is 0.990. The molecule has 0 unspecified atom stereocenters. The minimum absolute atomic E-state index is 0.0611. The van der Waals surface area contributed by atoms with E-state index >= 15 is 0 Å². The first-order valence-electron chi connectivity index (χ1n) is 8.22. The minimum atomic E-state index is -4.26. The fourth-order valence-corrected chi connectivity index (χ4v) is 6.64. The van der Waals surface area contributed by atoms with Crippen LogP contribution in [0.15, 0.2) is 0 Å². The number of esters is 2. The van der Waals surface area contributed by atoms with Crippen LogP contribution in [0.5, 0.6) is 0 Å². The molecule has 28 heavy (non-hydrogen) atoms. The summed E-state index contributed by atoms with van der Waals surface area (Å²) >= 11 is 8.17. The third-order valence-corrected chi connectivity index (χ3v) is 12.2. The SMILES string of the molecule is O=C(OCCS(=O)(=O)O)c1c(I)c(I)c(I)c(I)c1C(=O)OC1CCCCC1. The normalized spacial score (nSPS) is 15.3. The molecule has 1 aliphatic rings. The lowest BCUT2D eigenvalue weighted by atomic mass is 9.97. The zero-order valence-corrected chi connectivity index (χ0v) is 23.8. The van der Waals surface area contributed by atoms with Gasteiger partial charge in [0.2, 0.25) is 0 Å². The van der Waals surface area contributed by atoms with E-state index in [0.717, 1.165) is 39.2 Å². The van der Waals surface area contributed by atoms with E-state index in [9.17, 15) is 18.0 Å². The van der Waals surface area contributed by atoms with Crippen LogP contribution in [0.4, 0.5) is 0 Å². The lowest BCUT2D eigenvalue weighted by Crippen LogP contribution is -2.25. The molecule has 0 atom stereocenters. The Kier molecular flexibility index (Phi) is 9.95. The van der Waals surface area contributed by atoms with Crippen LogP contribution >= 0.6 is 90.4 Å². The molecular weight excluding hydrogens is 844 g/mol.